The van der Waals surface area contributed by atoms with Crippen LogP contribution in [0.2, 0.25) is 0 Å². The summed E-state index contributed by atoms with van der Waals surface area (Å²) in [4.78, 5) is 0. The van der Waals surface area contributed by atoms with Crippen LogP contribution in [0.15, 0.2) is 24.4 Å². The summed E-state index contributed by atoms with van der Waals surface area (Å²) in [7, 11) is 0. The van der Waals surface area contributed by atoms with Crippen molar-refractivity contribution in [3.8, 4) is 0 Å². The van der Waals surface area contributed by atoms with Gasteiger partial charge in [-0.2, -0.15) is 0 Å². The lowest BCUT2D eigenvalue weighted by Crippen LogP contribution is -2.27. The molecule has 1 N–H and O–H groups in total. The molecule has 0 saturated carbocycles. The van der Waals surface area contributed by atoms with E-state index >= 15 is 0 Å². The zero-order valence-electron chi connectivity index (χ0n) is 10.5. The first-order valence-electron chi connectivity index (χ1n) is 6.48. The van der Waals surface area contributed by atoms with Gasteiger partial charge in [0.25, 0.3) is 0 Å². The number of nitrogens with zero attached hydrogens (tertiary/aromatic N) is 3. The van der Waals surface area contributed by atoms with E-state index in [9.17, 15) is 0 Å². The molecule has 3 heterocycles. The molecule has 2 unspecified atom stereocenters. The molecular weight excluding hydrogens is 228 g/mol. The van der Waals surface area contributed by atoms with Crippen LogP contribution in [0.3, 0.4) is 0 Å². The minimum absolute atomic E-state index is 0.346. The average Bonchev–Trinajstić information content (AvgIpc) is 2.97. The Labute approximate surface area is 106 Å². The Kier molecular flexibility index (Phi) is 3.25. The van der Waals surface area contributed by atoms with Crippen LogP contribution < -0.4 is 5.32 Å². The van der Waals surface area contributed by atoms with E-state index in [-0.39, 0.29) is 0 Å². The smallest absolute Gasteiger partial charge is 0.160 e. The van der Waals surface area contributed by atoms with Crippen molar-refractivity contribution in [2.45, 2.75) is 38.5 Å². The quantitative estimate of drug-likeness (QED) is 0.885. The summed E-state index contributed by atoms with van der Waals surface area (Å²) < 4.78 is 7.77. The van der Waals surface area contributed by atoms with Crippen LogP contribution in [0.25, 0.3) is 5.65 Å². The highest BCUT2D eigenvalue weighted by molar-refractivity contribution is 5.36. The number of aromatic nitrogens is 3. The van der Waals surface area contributed by atoms with Gasteiger partial charge in [0.05, 0.1) is 18.8 Å². The molecule has 1 aliphatic heterocycles. The number of rotatable bonds is 4. The second kappa shape index (κ2) is 5.04. The Balaban J connectivity index is 1.57. The summed E-state index contributed by atoms with van der Waals surface area (Å²) >= 11 is 0. The zero-order chi connectivity index (χ0) is 12.4. The van der Waals surface area contributed by atoms with Crippen molar-refractivity contribution >= 4 is 5.65 Å². The first-order chi connectivity index (χ1) is 8.83. The van der Waals surface area contributed by atoms with Crippen LogP contribution in [0.1, 0.15) is 25.6 Å². The fraction of sp³-hybridized carbons (Fsp3) is 0.538. The van der Waals surface area contributed by atoms with E-state index in [2.05, 4.69) is 22.4 Å². The third-order valence-corrected chi connectivity index (χ3v) is 3.36. The van der Waals surface area contributed by atoms with Gasteiger partial charge in [-0.1, -0.05) is 6.07 Å². The van der Waals surface area contributed by atoms with E-state index in [0.717, 1.165) is 31.0 Å². The van der Waals surface area contributed by atoms with Crippen LogP contribution >= 0.6 is 0 Å². The summed E-state index contributed by atoms with van der Waals surface area (Å²) in [6.07, 6.45) is 5.06. The van der Waals surface area contributed by atoms with Gasteiger partial charge in [0.15, 0.2) is 11.5 Å². The van der Waals surface area contributed by atoms with Gasteiger partial charge in [-0.3, -0.25) is 4.40 Å². The number of fused-ring (bicyclic) bond motifs is 1. The molecule has 5 nitrogen and oxygen atoms in total. The largest absolute Gasteiger partial charge is 0.374 e. The third-order valence-electron chi connectivity index (χ3n) is 3.36. The third kappa shape index (κ3) is 2.37. The lowest BCUT2D eigenvalue weighted by molar-refractivity contribution is 0.0558. The maximum absolute atomic E-state index is 5.76. The van der Waals surface area contributed by atoms with Crippen LogP contribution in [0, 0.1) is 0 Å². The topological polar surface area (TPSA) is 51.5 Å². The monoisotopic (exact) mass is 246 g/mol. The molecule has 0 aliphatic carbocycles. The molecule has 1 fully saturated rings. The van der Waals surface area contributed by atoms with Gasteiger partial charge in [0.2, 0.25) is 0 Å². The average molecular weight is 246 g/mol. The summed E-state index contributed by atoms with van der Waals surface area (Å²) in [5.74, 6) is 0.941. The predicted octanol–water partition coefficient (Wildman–Crippen LogP) is 1.39. The van der Waals surface area contributed by atoms with Crippen LogP contribution in [-0.4, -0.2) is 33.4 Å². The van der Waals surface area contributed by atoms with Gasteiger partial charge in [-0.25, -0.2) is 0 Å². The Morgan fingerprint density at radius 1 is 1.39 bits per heavy atom. The highest BCUT2D eigenvalue weighted by Gasteiger charge is 2.21. The van der Waals surface area contributed by atoms with E-state index in [1.165, 1.54) is 6.42 Å². The molecule has 2 atom stereocenters. The molecule has 1 saturated heterocycles. The van der Waals surface area contributed by atoms with Gasteiger partial charge in [0.1, 0.15) is 0 Å². The highest BCUT2D eigenvalue weighted by Crippen LogP contribution is 2.18. The van der Waals surface area contributed by atoms with Gasteiger partial charge in [-0.15, -0.1) is 10.2 Å². The number of nitrogens with one attached hydrogen (secondary N) is 1. The first kappa shape index (κ1) is 11.6. The molecule has 0 bridgehead atoms. The molecule has 0 amide bonds. The van der Waals surface area contributed by atoms with E-state index in [1.54, 1.807) is 0 Å². The van der Waals surface area contributed by atoms with Gasteiger partial charge < -0.3 is 10.1 Å². The fourth-order valence-electron chi connectivity index (χ4n) is 2.39. The van der Waals surface area contributed by atoms with Crippen LogP contribution in [0.5, 0.6) is 0 Å². The van der Waals surface area contributed by atoms with Crippen LogP contribution in [0.4, 0.5) is 0 Å². The second-order valence-electron chi connectivity index (χ2n) is 4.82. The molecule has 1 aliphatic rings. The Morgan fingerprint density at radius 2 is 2.33 bits per heavy atom. The van der Waals surface area contributed by atoms with Crippen LogP contribution in [-0.2, 0) is 11.3 Å². The number of ether oxygens (including phenoxy) is 1. The lowest BCUT2D eigenvalue weighted by Gasteiger charge is -2.11. The zero-order valence-corrected chi connectivity index (χ0v) is 10.5. The van der Waals surface area contributed by atoms with Crippen molar-refractivity contribution in [2.75, 3.05) is 6.54 Å². The molecule has 3 rings (SSSR count). The molecule has 2 aromatic rings. The Hall–Kier alpha value is -1.46. The maximum atomic E-state index is 5.76. The van der Waals surface area contributed by atoms with Crippen molar-refractivity contribution in [2.24, 2.45) is 0 Å². The molecule has 2 aromatic heterocycles. The molecule has 0 spiro atoms. The number of pyridine rings is 1. The predicted molar refractivity (Wildman–Crippen MR) is 68.3 cm³/mol. The Bertz CT molecular complexity index is 524. The molecular formula is C13H18N4O. The maximum Gasteiger partial charge on any atom is 0.160 e. The minimum atomic E-state index is 0.346. The van der Waals surface area contributed by atoms with Crippen molar-refractivity contribution < 1.29 is 4.74 Å². The van der Waals surface area contributed by atoms with E-state index in [1.807, 2.05) is 28.8 Å². The summed E-state index contributed by atoms with van der Waals surface area (Å²) in [5.41, 5.74) is 0.889. The number of hydrogen-bond acceptors (Lipinski definition) is 4. The lowest BCUT2D eigenvalue weighted by atomic mass is 10.2. The van der Waals surface area contributed by atoms with Crippen molar-refractivity contribution in [3.63, 3.8) is 0 Å². The first-order valence-corrected chi connectivity index (χ1v) is 6.48. The van der Waals surface area contributed by atoms with E-state index in [0.29, 0.717) is 12.2 Å². The van der Waals surface area contributed by atoms with E-state index in [4.69, 9.17) is 4.74 Å². The SMILES string of the molecule is CC1CCC(CNCc2nnc3ccccn23)O1. The fourth-order valence-corrected chi connectivity index (χ4v) is 2.39. The minimum Gasteiger partial charge on any atom is -0.374 e. The van der Waals surface area contributed by atoms with E-state index < -0.39 is 0 Å². The summed E-state index contributed by atoms with van der Waals surface area (Å²) in [6, 6.07) is 5.91. The molecule has 5 heteroatoms. The molecule has 96 valence electrons. The second-order valence-corrected chi connectivity index (χ2v) is 4.82. The standard InChI is InChI=1S/C13H18N4O/c1-10-5-6-11(18-10)8-14-9-13-16-15-12-4-2-3-7-17(12)13/h2-4,7,10-11,14H,5-6,8-9H2,1H3. The molecule has 0 radical (unpaired) electrons. The normalized spacial score (nSPS) is 23.8. The van der Waals surface area contributed by atoms with Gasteiger partial charge in [0, 0.05) is 12.7 Å². The van der Waals surface area contributed by atoms with Gasteiger partial charge in [-0.05, 0) is 31.9 Å². The Morgan fingerprint density at radius 3 is 3.17 bits per heavy atom. The summed E-state index contributed by atoms with van der Waals surface area (Å²) in [6.45, 7) is 3.73. The molecule has 0 aromatic carbocycles. The summed E-state index contributed by atoms with van der Waals surface area (Å²) in [5, 5.41) is 11.7. The van der Waals surface area contributed by atoms with Gasteiger partial charge >= 0.3 is 0 Å². The van der Waals surface area contributed by atoms with Crippen molar-refractivity contribution in [1.82, 2.24) is 19.9 Å². The molecule has 18 heavy (non-hydrogen) atoms. The van der Waals surface area contributed by atoms with Crippen molar-refractivity contribution in [3.05, 3.63) is 30.2 Å². The number of hydrogen-bond donors (Lipinski definition) is 1. The van der Waals surface area contributed by atoms with Crippen molar-refractivity contribution in [1.29, 1.82) is 0 Å². The highest BCUT2D eigenvalue weighted by atomic mass is 16.5.